The number of fused-ring (bicyclic) bond motifs is 1. The smallest absolute Gasteiger partial charge is 0.296 e. The van der Waals surface area contributed by atoms with Crippen molar-refractivity contribution in [2.75, 3.05) is 18.0 Å². The fourth-order valence-corrected chi connectivity index (χ4v) is 4.72. The van der Waals surface area contributed by atoms with Gasteiger partial charge in [0.25, 0.3) is 11.8 Å². The zero-order valence-electron chi connectivity index (χ0n) is 20.5. The molecule has 0 aliphatic carbocycles. The molecule has 1 aliphatic rings. The highest BCUT2D eigenvalue weighted by Gasteiger charge is 2.27. The molecule has 1 atom stereocenters. The lowest BCUT2D eigenvalue weighted by Gasteiger charge is -2.34. The quantitative estimate of drug-likeness (QED) is 0.348. The normalized spacial score (nSPS) is 15.1. The van der Waals surface area contributed by atoms with E-state index in [-0.39, 0.29) is 11.9 Å². The molecule has 2 aromatic heterocycles. The van der Waals surface area contributed by atoms with E-state index in [1.165, 1.54) is 0 Å². The van der Waals surface area contributed by atoms with Gasteiger partial charge in [0.1, 0.15) is 17.3 Å². The minimum absolute atomic E-state index is 0.0495. The molecule has 0 saturated carbocycles. The molecular formula is C29H27N5O3. The van der Waals surface area contributed by atoms with Gasteiger partial charge in [0, 0.05) is 36.3 Å². The van der Waals surface area contributed by atoms with Crippen LogP contribution >= 0.6 is 0 Å². The number of anilines is 1. The lowest BCUT2D eigenvalue weighted by Crippen LogP contribution is -2.47. The molecule has 2 aromatic carbocycles. The molecule has 4 aromatic rings. The van der Waals surface area contributed by atoms with Crippen molar-refractivity contribution in [1.29, 1.82) is 0 Å². The number of nitrogens with two attached hydrogens (primary N) is 1. The molecule has 4 N–H and O–H groups in total. The van der Waals surface area contributed by atoms with Gasteiger partial charge in [0.05, 0.1) is 16.8 Å². The first-order valence-corrected chi connectivity index (χ1v) is 12.2. The van der Waals surface area contributed by atoms with E-state index in [0.717, 1.165) is 41.9 Å². The van der Waals surface area contributed by atoms with Crippen LogP contribution < -0.4 is 20.7 Å². The number of piperidine rings is 1. The predicted molar refractivity (Wildman–Crippen MR) is 143 cm³/mol. The van der Waals surface area contributed by atoms with Gasteiger partial charge >= 0.3 is 0 Å². The minimum Gasteiger partial charge on any atom is -0.457 e. The molecule has 2 amide bonds. The summed E-state index contributed by atoms with van der Waals surface area (Å²) in [6, 6.07) is 18.8. The van der Waals surface area contributed by atoms with Crippen LogP contribution in [-0.4, -0.2) is 40.9 Å². The highest BCUT2D eigenvalue weighted by atomic mass is 16.5. The number of primary amides is 1. The average Bonchev–Trinajstić information content (AvgIpc) is 3.39. The summed E-state index contributed by atoms with van der Waals surface area (Å²) in [5.41, 5.74) is 8.05. The first-order chi connectivity index (χ1) is 18.0. The van der Waals surface area contributed by atoms with Crippen LogP contribution in [0.4, 0.5) is 5.82 Å². The lowest BCUT2D eigenvalue weighted by molar-refractivity contribution is -0.116. The number of para-hydroxylation sites is 1. The lowest BCUT2D eigenvalue weighted by atomic mass is 10.0. The maximum absolute atomic E-state index is 12.6. The Morgan fingerprint density at radius 3 is 2.59 bits per heavy atom. The van der Waals surface area contributed by atoms with Gasteiger partial charge in [-0.3, -0.25) is 9.59 Å². The number of H-pyrrole nitrogens is 1. The van der Waals surface area contributed by atoms with Gasteiger partial charge in [0.2, 0.25) is 0 Å². The number of rotatable bonds is 6. The molecule has 8 nitrogen and oxygen atoms in total. The second-order valence-electron chi connectivity index (χ2n) is 8.86. The zero-order valence-corrected chi connectivity index (χ0v) is 20.5. The standard InChI is InChI=1S/C29H27N5O3/c1-2-7-24(35)32-20-8-6-17-34(18-20)29-23-15-16-31-27(23)25(28(30)36)26(33-29)19-11-13-22(14-12-19)37-21-9-4-3-5-10-21/h3-5,9-16,20,31H,6,8,17-18H2,1H3,(H2,30,36)(H,32,35). The largest absolute Gasteiger partial charge is 0.457 e. The number of nitrogens with zero attached hydrogens (tertiary/aromatic N) is 2. The van der Waals surface area contributed by atoms with E-state index in [1.54, 1.807) is 13.1 Å². The number of ether oxygens (including phenoxy) is 1. The molecule has 1 fully saturated rings. The Kier molecular flexibility index (Phi) is 6.77. The number of hydrogen-bond donors (Lipinski definition) is 3. The molecule has 1 saturated heterocycles. The van der Waals surface area contributed by atoms with E-state index < -0.39 is 5.91 Å². The molecule has 0 bridgehead atoms. The number of carbonyl (C=O) groups is 2. The number of hydrogen-bond acceptors (Lipinski definition) is 5. The van der Waals surface area contributed by atoms with E-state index >= 15 is 0 Å². The van der Waals surface area contributed by atoms with Gasteiger partial charge in [-0.15, -0.1) is 0 Å². The minimum atomic E-state index is -0.562. The van der Waals surface area contributed by atoms with E-state index in [0.29, 0.717) is 29.1 Å². The summed E-state index contributed by atoms with van der Waals surface area (Å²) in [6.07, 6.45) is 3.53. The second-order valence-corrected chi connectivity index (χ2v) is 8.86. The van der Waals surface area contributed by atoms with Crippen LogP contribution in [0.5, 0.6) is 11.5 Å². The summed E-state index contributed by atoms with van der Waals surface area (Å²) in [5, 5.41) is 3.79. The van der Waals surface area contributed by atoms with Crippen molar-refractivity contribution in [1.82, 2.24) is 15.3 Å². The van der Waals surface area contributed by atoms with Crippen molar-refractivity contribution < 1.29 is 14.3 Å². The fraction of sp³-hybridized carbons (Fsp3) is 0.207. The van der Waals surface area contributed by atoms with Crippen molar-refractivity contribution in [2.45, 2.75) is 25.8 Å². The third-order valence-electron chi connectivity index (χ3n) is 6.34. The van der Waals surface area contributed by atoms with Crippen LogP contribution in [0.1, 0.15) is 30.1 Å². The average molecular weight is 494 g/mol. The number of nitrogens with one attached hydrogen (secondary N) is 2. The van der Waals surface area contributed by atoms with Gasteiger partial charge < -0.3 is 25.7 Å². The molecule has 1 unspecified atom stereocenters. The fourth-order valence-electron chi connectivity index (χ4n) is 4.72. The Labute approximate surface area is 214 Å². The summed E-state index contributed by atoms with van der Waals surface area (Å²) >= 11 is 0. The maximum Gasteiger partial charge on any atom is 0.296 e. The summed E-state index contributed by atoms with van der Waals surface area (Å²) in [4.78, 5) is 34.9. The first-order valence-electron chi connectivity index (χ1n) is 12.2. The van der Waals surface area contributed by atoms with Gasteiger partial charge in [-0.05, 0) is 68.2 Å². The van der Waals surface area contributed by atoms with Crippen molar-refractivity contribution in [2.24, 2.45) is 5.73 Å². The molecule has 0 radical (unpaired) electrons. The molecule has 5 rings (SSSR count). The van der Waals surface area contributed by atoms with Gasteiger partial charge in [-0.2, -0.15) is 0 Å². The number of benzene rings is 2. The zero-order chi connectivity index (χ0) is 25.8. The predicted octanol–water partition coefficient (Wildman–Crippen LogP) is 4.23. The molecular weight excluding hydrogens is 466 g/mol. The number of carbonyl (C=O) groups excluding carboxylic acids is 2. The number of amides is 2. The molecule has 3 heterocycles. The van der Waals surface area contributed by atoms with Gasteiger partial charge in [0.15, 0.2) is 0 Å². The van der Waals surface area contributed by atoms with Gasteiger partial charge in [-0.1, -0.05) is 24.1 Å². The Bertz CT molecular complexity index is 1500. The second kappa shape index (κ2) is 10.5. The third-order valence-corrected chi connectivity index (χ3v) is 6.34. The molecule has 0 spiro atoms. The van der Waals surface area contributed by atoms with Crippen molar-refractivity contribution in [3.8, 4) is 34.6 Å². The van der Waals surface area contributed by atoms with Crippen molar-refractivity contribution in [3.05, 3.63) is 72.4 Å². The van der Waals surface area contributed by atoms with E-state index in [9.17, 15) is 9.59 Å². The molecule has 1 aliphatic heterocycles. The van der Waals surface area contributed by atoms with Gasteiger partial charge in [-0.25, -0.2) is 4.98 Å². The Hall–Kier alpha value is -4.77. The topological polar surface area (TPSA) is 113 Å². The highest BCUT2D eigenvalue weighted by molar-refractivity contribution is 6.12. The molecule has 186 valence electrons. The summed E-state index contributed by atoms with van der Waals surface area (Å²) < 4.78 is 5.91. The van der Waals surface area contributed by atoms with Crippen LogP contribution in [0.25, 0.3) is 22.2 Å². The monoisotopic (exact) mass is 493 g/mol. The molecule has 8 heteroatoms. The maximum atomic E-state index is 12.6. The van der Waals surface area contributed by atoms with Crippen LogP contribution in [0.2, 0.25) is 0 Å². The summed E-state index contributed by atoms with van der Waals surface area (Å²) in [5.74, 6) is 6.47. The number of aromatic nitrogens is 2. The Morgan fingerprint density at radius 1 is 1.11 bits per heavy atom. The van der Waals surface area contributed by atoms with E-state index in [1.807, 2.05) is 60.7 Å². The van der Waals surface area contributed by atoms with Crippen LogP contribution in [-0.2, 0) is 4.79 Å². The van der Waals surface area contributed by atoms with Crippen molar-refractivity contribution >= 4 is 28.5 Å². The van der Waals surface area contributed by atoms with Crippen LogP contribution in [0, 0.1) is 11.8 Å². The Balaban J connectivity index is 1.51. The highest BCUT2D eigenvalue weighted by Crippen LogP contribution is 2.35. The first kappa shape index (κ1) is 23.9. The summed E-state index contributed by atoms with van der Waals surface area (Å²) in [6.45, 7) is 3.00. The van der Waals surface area contributed by atoms with Crippen LogP contribution in [0.3, 0.4) is 0 Å². The number of aromatic amines is 1. The van der Waals surface area contributed by atoms with E-state index in [2.05, 4.69) is 27.0 Å². The Morgan fingerprint density at radius 2 is 1.86 bits per heavy atom. The van der Waals surface area contributed by atoms with Crippen molar-refractivity contribution in [3.63, 3.8) is 0 Å². The summed E-state index contributed by atoms with van der Waals surface area (Å²) in [7, 11) is 0. The SMILES string of the molecule is CC#CC(=O)NC1CCCN(c2nc(-c3ccc(Oc4ccccc4)cc3)c(C(N)=O)c3[nH]ccc23)C1. The molecule has 37 heavy (non-hydrogen) atoms. The number of pyridine rings is 1. The van der Waals surface area contributed by atoms with Crippen LogP contribution in [0.15, 0.2) is 66.9 Å². The van der Waals surface area contributed by atoms with E-state index in [4.69, 9.17) is 15.5 Å². The third kappa shape index (κ3) is 5.11.